The number of carboxylic acid groups (broad SMARTS) is 1. The van der Waals surface area contributed by atoms with E-state index in [1.165, 1.54) is 23.0 Å². The van der Waals surface area contributed by atoms with E-state index in [0.717, 1.165) is 12.1 Å². The normalized spacial score (nSPS) is 11.7. The number of benzene rings is 2. The molecular formula is C33H28ClF2N7O4. The van der Waals surface area contributed by atoms with Crippen LogP contribution in [-0.4, -0.2) is 58.3 Å². The maximum atomic E-state index is 15.6. The van der Waals surface area contributed by atoms with Crippen molar-refractivity contribution in [2.45, 2.75) is 39.0 Å². The second-order valence-corrected chi connectivity index (χ2v) is 11.7. The first kappa shape index (κ1) is 31.7. The molecule has 0 unspecified atom stereocenters. The Hall–Kier alpha value is -5.27. The maximum absolute atomic E-state index is 15.6. The number of imidazole rings is 1. The van der Waals surface area contributed by atoms with E-state index in [1.807, 2.05) is 13.8 Å². The van der Waals surface area contributed by atoms with Crippen molar-refractivity contribution in [3.05, 3.63) is 112 Å². The van der Waals surface area contributed by atoms with Gasteiger partial charge in [-0.3, -0.25) is 0 Å². The van der Waals surface area contributed by atoms with Gasteiger partial charge in [0.2, 0.25) is 5.88 Å². The van der Waals surface area contributed by atoms with Gasteiger partial charge in [0.1, 0.15) is 24.1 Å². The lowest BCUT2D eigenvalue weighted by Crippen LogP contribution is -2.30. The van der Waals surface area contributed by atoms with E-state index in [4.69, 9.17) is 21.1 Å². The number of aromatic carboxylic acids is 1. The third kappa shape index (κ3) is 6.81. The molecule has 0 saturated carbocycles. The molecule has 14 heteroatoms. The molecule has 0 bridgehead atoms. The van der Waals surface area contributed by atoms with Gasteiger partial charge in [-0.25, -0.2) is 33.2 Å². The summed E-state index contributed by atoms with van der Waals surface area (Å²) in [7, 11) is 1.56. The summed E-state index contributed by atoms with van der Waals surface area (Å²) >= 11 is 6.41. The zero-order chi connectivity index (χ0) is 33.3. The zero-order valence-electron chi connectivity index (χ0n) is 25.5. The zero-order valence-corrected chi connectivity index (χ0v) is 26.2. The number of hydrogen-bond donors (Lipinski definition) is 1. The van der Waals surface area contributed by atoms with Crippen LogP contribution in [0.3, 0.4) is 0 Å². The van der Waals surface area contributed by atoms with E-state index in [0.29, 0.717) is 39.8 Å². The number of pyridine rings is 2. The Morgan fingerprint density at radius 2 is 1.87 bits per heavy atom. The molecular weight excluding hydrogens is 632 g/mol. The van der Waals surface area contributed by atoms with E-state index >= 15 is 8.78 Å². The second-order valence-electron chi connectivity index (χ2n) is 11.3. The van der Waals surface area contributed by atoms with Crippen LogP contribution in [-0.2, 0) is 24.3 Å². The van der Waals surface area contributed by atoms with Crippen LogP contribution in [0.2, 0.25) is 5.02 Å². The summed E-state index contributed by atoms with van der Waals surface area (Å²) < 4.78 is 45.9. The molecule has 0 fully saturated rings. The van der Waals surface area contributed by atoms with Crippen molar-refractivity contribution in [2.24, 2.45) is 0 Å². The van der Waals surface area contributed by atoms with Crippen LogP contribution in [0, 0.1) is 11.6 Å². The third-order valence-electron chi connectivity index (χ3n) is 7.60. The van der Waals surface area contributed by atoms with Crippen molar-refractivity contribution in [1.82, 2.24) is 34.5 Å². The molecule has 0 aliphatic rings. The lowest BCUT2D eigenvalue weighted by Gasteiger charge is -2.25. The number of fused-ring (bicyclic) bond motifs is 1. The number of methoxy groups -OCH3 is 1. The van der Waals surface area contributed by atoms with Crippen LogP contribution in [0.5, 0.6) is 5.88 Å². The monoisotopic (exact) mass is 659 g/mol. The van der Waals surface area contributed by atoms with E-state index in [2.05, 4.69) is 25.3 Å². The van der Waals surface area contributed by atoms with Crippen molar-refractivity contribution >= 4 is 28.6 Å². The highest BCUT2D eigenvalue weighted by Crippen LogP contribution is 2.29. The minimum Gasteiger partial charge on any atom is -0.478 e. The lowest BCUT2D eigenvalue weighted by atomic mass is 10.0. The van der Waals surface area contributed by atoms with Crippen LogP contribution >= 0.6 is 11.6 Å². The van der Waals surface area contributed by atoms with Gasteiger partial charge >= 0.3 is 5.97 Å². The highest BCUT2D eigenvalue weighted by atomic mass is 35.5. The summed E-state index contributed by atoms with van der Waals surface area (Å²) in [6.45, 7) is 4.06. The first-order valence-corrected chi connectivity index (χ1v) is 14.8. The topological polar surface area (TPSA) is 130 Å². The average molecular weight is 660 g/mol. The molecule has 0 atom stereocenters. The summed E-state index contributed by atoms with van der Waals surface area (Å²) in [6, 6.07) is 13.2. The molecule has 4 aromatic heterocycles. The van der Waals surface area contributed by atoms with Gasteiger partial charge in [0.15, 0.2) is 5.82 Å². The summed E-state index contributed by atoms with van der Waals surface area (Å²) in [4.78, 5) is 25.0. The van der Waals surface area contributed by atoms with Crippen LogP contribution in [0.15, 0.2) is 73.2 Å². The number of rotatable bonds is 11. The smallest absolute Gasteiger partial charge is 0.335 e. The Morgan fingerprint density at radius 3 is 2.60 bits per heavy atom. The van der Waals surface area contributed by atoms with Crippen molar-refractivity contribution in [3.8, 4) is 23.0 Å². The Labute approximate surface area is 272 Å². The standard InChI is InChI=1S/C33H28ClF2N7O4/c1-33(2,46-3)18-42-28-12-19(32(44)45)7-8-27(28)39-30(42)13-20-11-25(36)22(14-24(20)35)26-5-4-6-31(40-26)47-17-21-16-37-29(15-23(21)34)43-10-9-38-41-43/h4-12,14-16H,13,17-18H2,1-3H3,(H,44,45). The summed E-state index contributed by atoms with van der Waals surface area (Å²) in [5.41, 5.74) is 1.29. The predicted molar refractivity (Wildman–Crippen MR) is 169 cm³/mol. The molecule has 1 N–H and O–H groups in total. The van der Waals surface area contributed by atoms with Gasteiger partial charge in [0.05, 0.1) is 51.9 Å². The van der Waals surface area contributed by atoms with Crippen molar-refractivity contribution < 1.29 is 28.2 Å². The van der Waals surface area contributed by atoms with Gasteiger partial charge in [-0.05, 0) is 55.8 Å². The van der Waals surface area contributed by atoms with Crippen LogP contribution < -0.4 is 4.74 Å². The number of ether oxygens (including phenoxy) is 2. The largest absolute Gasteiger partial charge is 0.478 e. The molecule has 47 heavy (non-hydrogen) atoms. The highest BCUT2D eigenvalue weighted by Gasteiger charge is 2.24. The molecule has 0 saturated heterocycles. The molecule has 240 valence electrons. The number of hydrogen-bond acceptors (Lipinski definition) is 8. The van der Waals surface area contributed by atoms with E-state index < -0.39 is 23.2 Å². The van der Waals surface area contributed by atoms with Gasteiger partial charge in [-0.15, -0.1) is 5.10 Å². The highest BCUT2D eigenvalue weighted by molar-refractivity contribution is 6.31. The molecule has 0 radical (unpaired) electrons. The van der Waals surface area contributed by atoms with Gasteiger partial charge in [-0.1, -0.05) is 22.9 Å². The molecule has 6 aromatic rings. The van der Waals surface area contributed by atoms with Gasteiger partial charge in [-0.2, -0.15) is 0 Å². The number of carboxylic acids is 1. The first-order chi connectivity index (χ1) is 22.5. The van der Waals surface area contributed by atoms with E-state index in [1.54, 1.807) is 54.4 Å². The number of nitrogens with zero attached hydrogens (tertiary/aromatic N) is 7. The fourth-order valence-electron chi connectivity index (χ4n) is 4.96. The molecule has 0 aliphatic heterocycles. The van der Waals surface area contributed by atoms with Gasteiger partial charge in [0, 0.05) is 43.0 Å². The van der Waals surface area contributed by atoms with Gasteiger partial charge < -0.3 is 19.1 Å². The van der Waals surface area contributed by atoms with Crippen molar-refractivity contribution in [2.75, 3.05) is 7.11 Å². The summed E-state index contributed by atoms with van der Waals surface area (Å²) in [6.07, 6.45) is 4.65. The third-order valence-corrected chi connectivity index (χ3v) is 7.95. The average Bonchev–Trinajstić information content (AvgIpc) is 3.70. The maximum Gasteiger partial charge on any atom is 0.335 e. The fourth-order valence-corrected chi connectivity index (χ4v) is 5.16. The molecule has 2 aromatic carbocycles. The molecule has 0 amide bonds. The number of carbonyl (C=O) groups is 1. The Balaban J connectivity index is 1.24. The van der Waals surface area contributed by atoms with Crippen LogP contribution in [0.25, 0.3) is 28.1 Å². The quantitative estimate of drug-likeness (QED) is 0.170. The second kappa shape index (κ2) is 12.9. The first-order valence-electron chi connectivity index (χ1n) is 14.4. The Morgan fingerprint density at radius 1 is 1.04 bits per heavy atom. The number of halogens is 3. The van der Waals surface area contributed by atoms with E-state index in [9.17, 15) is 9.90 Å². The fraction of sp³-hybridized carbons (Fsp3) is 0.212. The SMILES string of the molecule is COC(C)(C)Cn1c(Cc2cc(F)c(-c3cccc(OCc4cnc(-n5ccnn5)cc4Cl)n3)cc2F)nc2ccc(C(=O)O)cc21. The van der Waals surface area contributed by atoms with E-state index in [-0.39, 0.29) is 41.3 Å². The van der Waals surface area contributed by atoms with Gasteiger partial charge in [0.25, 0.3) is 0 Å². The van der Waals surface area contributed by atoms with Crippen LogP contribution in [0.1, 0.15) is 41.2 Å². The predicted octanol–water partition coefficient (Wildman–Crippen LogP) is 6.30. The van der Waals surface area contributed by atoms with Crippen molar-refractivity contribution in [3.63, 3.8) is 0 Å². The summed E-state index contributed by atoms with van der Waals surface area (Å²) in [5.74, 6) is -1.34. The molecule has 4 heterocycles. The molecule has 0 aliphatic carbocycles. The van der Waals surface area contributed by atoms with Crippen molar-refractivity contribution in [1.29, 1.82) is 0 Å². The molecule has 11 nitrogen and oxygen atoms in total. The lowest BCUT2D eigenvalue weighted by molar-refractivity contribution is 0.00848. The minimum absolute atomic E-state index is 0.0323. The summed E-state index contributed by atoms with van der Waals surface area (Å²) in [5, 5.41) is 17.6. The van der Waals surface area contributed by atoms with Crippen LogP contribution in [0.4, 0.5) is 8.78 Å². The Kier molecular flexibility index (Phi) is 8.67. The molecule has 6 rings (SSSR count). The Bertz CT molecular complexity index is 2100. The molecule has 0 spiro atoms. The minimum atomic E-state index is -1.09. The number of aromatic nitrogens is 7.